The highest BCUT2D eigenvalue weighted by Crippen LogP contribution is 2.44. The Morgan fingerprint density at radius 1 is 1.10 bits per heavy atom. The minimum Gasteiger partial charge on any atom is -0.458 e. The normalized spacial score (nSPS) is 25.0. The lowest BCUT2D eigenvalue weighted by Crippen LogP contribution is -2.30. The number of hydrogen-bond donors (Lipinski definition) is 0. The van der Waals surface area contributed by atoms with Gasteiger partial charge in [-0.25, -0.2) is 0 Å². The van der Waals surface area contributed by atoms with Crippen LogP contribution in [0.5, 0.6) is 0 Å². The Hall–Kier alpha value is -2.42. The summed E-state index contributed by atoms with van der Waals surface area (Å²) in [5.74, 6) is 2.29. The van der Waals surface area contributed by atoms with Crippen molar-refractivity contribution in [2.24, 2.45) is 5.92 Å². The molecule has 0 amide bonds. The third kappa shape index (κ3) is 1.60. The van der Waals surface area contributed by atoms with Crippen molar-refractivity contribution in [3.8, 4) is 0 Å². The summed E-state index contributed by atoms with van der Waals surface area (Å²) in [6.07, 6.45) is 9.75. The van der Waals surface area contributed by atoms with E-state index in [4.69, 9.17) is 9.47 Å². The van der Waals surface area contributed by atoms with Gasteiger partial charge in [0.05, 0.1) is 0 Å². The number of allylic oxidation sites excluding steroid dienone is 4. The molecule has 0 radical (unpaired) electrons. The molecule has 21 heavy (non-hydrogen) atoms. The highest BCUT2D eigenvalue weighted by molar-refractivity contribution is 5.62. The third-order valence-electron chi connectivity index (χ3n) is 4.65. The highest BCUT2D eigenvalue weighted by atomic mass is 16.7. The summed E-state index contributed by atoms with van der Waals surface area (Å²) < 4.78 is 11.1. The second-order valence-corrected chi connectivity index (χ2v) is 5.81. The fourth-order valence-electron chi connectivity index (χ4n) is 3.54. The van der Waals surface area contributed by atoms with Crippen molar-refractivity contribution in [2.75, 3.05) is 6.79 Å². The smallest absolute Gasteiger partial charge is 0.230 e. The molecule has 1 atom stereocenters. The predicted octanol–water partition coefficient (Wildman–Crippen LogP) is 3.53. The van der Waals surface area contributed by atoms with E-state index in [2.05, 4.69) is 53.6 Å². The van der Waals surface area contributed by atoms with Crippen molar-refractivity contribution < 1.29 is 9.47 Å². The molecule has 1 aromatic rings. The van der Waals surface area contributed by atoms with Crippen LogP contribution < -0.4 is 0 Å². The first-order valence-electron chi connectivity index (χ1n) is 7.33. The van der Waals surface area contributed by atoms with E-state index in [9.17, 15) is 0 Å². The number of benzene rings is 1. The second-order valence-electron chi connectivity index (χ2n) is 5.81. The molecule has 0 saturated carbocycles. The molecule has 104 valence electrons. The monoisotopic (exact) mass is 277 g/mol. The standard InChI is InChI=1S/C18H15NO2/c1-2-4-14-10-19-6-5-13-8-17-18(21-11-20-17)9-15(13)16(19)7-12(14)3-1/h1-8,15H,9-11H2. The van der Waals surface area contributed by atoms with Crippen LogP contribution >= 0.6 is 0 Å². The summed E-state index contributed by atoms with van der Waals surface area (Å²) in [4.78, 5) is 2.35. The molecule has 5 rings (SSSR count). The highest BCUT2D eigenvalue weighted by Gasteiger charge is 2.35. The van der Waals surface area contributed by atoms with E-state index in [0.29, 0.717) is 12.7 Å². The molecule has 1 aromatic carbocycles. The van der Waals surface area contributed by atoms with Gasteiger partial charge < -0.3 is 14.4 Å². The molecular weight excluding hydrogens is 262 g/mol. The predicted molar refractivity (Wildman–Crippen MR) is 79.4 cm³/mol. The van der Waals surface area contributed by atoms with Crippen LogP contribution in [0.15, 0.2) is 65.4 Å². The molecule has 1 aliphatic carbocycles. The van der Waals surface area contributed by atoms with Crippen LogP contribution in [0.4, 0.5) is 0 Å². The summed E-state index contributed by atoms with van der Waals surface area (Å²) in [5.41, 5.74) is 5.40. The number of ether oxygens (including phenoxy) is 2. The summed E-state index contributed by atoms with van der Waals surface area (Å²) in [7, 11) is 0. The van der Waals surface area contributed by atoms with E-state index in [1.807, 2.05) is 0 Å². The maximum Gasteiger partial charge on any atom is 0.230 e. The topological polar surface area (TPSA) is 21.7 Å². The fraction of sp³-hybridized carbons (Fsp3) is 0.222. The van der Waals surface area contributed by atoms with Crippen molar-refractivity contribution in [2.45, 2.75) is 13.0 Å². The Kier molecular flexibility index (Phi) is 2.17. The molecule has 0 N–H and O–H groups in total. The van der Waals surface area contributed by atoms with Gasteiger partial charge in [0, 0.05) is 30.8 Å². The van der Waals surface area contributed by atoms with Crippen molar-refractivity contribution in [3.63, 3.8) is 0 Å². The average Bonchev–Trinajstić information content (AvgIpc) is 2.98. The second kappa shape index (κ2) is 4.04. The molecule has 0 spiro atoms. The largest absolute Gasteiger partial charge is 0.458 e. The zero-order valence-corrected chi connectivity index (χ0v) is 11.6. The van der Waals surface area contributed by atoms with Crippen LogP contribution in [0.2, 0.25) is 0 Å². The number of nitrogens with zero attached hydrogens (tertiary/aromatic N) is 1. The molecule has 3 heterocycles. The minimum absolute atomic E-state index is 0.358. The van der Waals surface area contributed by atoms with Gasteiger partial charge in [0.1, 0.15) is 5.76 Å². The number of hydrogen-bond acceptors (Lipinski definition) is 3. The third-order valence-corrected chi connectivity index (χ3v) is 4.65. The van der Waals surface area contributed by atoms with Crippen LogP contribution in [0.3, 0.4) is 0 Å². The van der Waals surface area contributed by atoms with E-state index in [0.717, 1.165) is 24.5 Å². The lowest BCUT2D eigenvalue weighted by Gasteiger charge is -2.38. The van der Waals surface area contributed by atoms with E-state index in [1.54, 1.807) is 0 Å². The van der Waals surface area contributed by atoms with Crippen molar-refractivity contribution >= 4 is 6.08 Å². The zero-order valence-electron chi connectivity index (χ0n) is 11.6. The van der Waals surface area contributed by atoms with Gasteiger partial charge in [0.25, 0.3) is 0 Å². The van der Waals surface area contributed by atoms with Gasteiger partial charge in [-0.3, -0.25) is 0 Å². The average molecular weight is 277 g/mol. The molecule has 0 bridgehead atoms. The van der Waals surface area contributed by atoms with Gasteiger partial charge in [0.2, 0.25) is 6.79 Å². The quantitative estimate of drug-likeness (QED) is 0.724. The zero-order chi connectivity index (χ0) is 13.8. The Balaban J connectivity index is 1.61. The maximum atomic E-state index is 5.60. The van der Waals surface area contributed by atoms with E-state index in [1.165, 1.54) is 22.4 Å². The van der Waals surface area contributed by atoms with Gasteiger partial charge in [-0.1, -0.05) is 24.3 Å². The lowest BCUT2D eigenvalue weighted by molar-refractivity contribution is 0.0719. The molecule has 0 aromatic heterocycles. The van der Waals surface area contributed by atoms with Gasteiger partial charge in [0.15, 0.2) is 5.76 Å². The molecule has 0 fully saturated rings. The SMILES string of the molecule is C1=CN2Cc3ccccc3C=C2C2CC3=C(C=C12)OCO3. The fourth-order valence-corrected chi connectivity index (χ4v) is 3.54. The first-order chi connectivity index (χ1) is 10.4. The Labute approximate surface area is 123 Å². The van der Waals surface area contributed by atoms with Crippen molar-refractivity contribution in [1.29, 1.82) is 0 Å². The molecule has 3 aliphatic heterocycles. The molecular formula is C18H15NO2. The molecule has 3 heteroatoms. The Morgan fingerprint density at radius 2 is 2.05 bits per heavy atom. The maximum absolute atomic E-state index is 5.60. The van der Waals surface area contributed by atoms with Crippen molar-refractivity contribution in [3.05, 3.63) is 76.5 Å². The first kappa shape index (κ1) is 11.3. The van der Waals surface area contributed by atoms with Crippen LogP contribution in [-0.4, -0.2) is 11.7 Å². The van der Waals surface area contributed by atoms with Gasteiger partial charge in [-0.15, -0.1) is 0 Å². The molecule has 3 nitrogen and oxygen atoms in total. The summed E-state index contributed by atoms with van der Waals surface area (Å²) in [5, 5.41) is 0. The summed E-state index contributed by atoms with van der Waals surface area (Å²) in [6.45, 7) is 1.31. The van der Waals surface area contributed by atoms with E-state index >= 15 is 0 Å². The van der Waals surface area contributed by atoms with Crippen LogP contribution in [0, 0.1) is 5.92 Å². The van der Waals surface area contributed by atoms with Crippen LogP contribution in [0.1, 0.15) is 17.5 Å². The lowest BCUT2D eigenvalue weighted by atomic mass is 9.82. The number of rotatable bonds is 0. The van der Waals surface area contributed by atoms with Gasteiger partial charge in [-0.05, 0) is 34.9 Å². The van der Waals surface area contributed by atoms with Crippen molar-refractivity contribution in [1.82, 2.24) is 4.90 Å². The molecule has 1 unspecified atom stereocenters. The van der Waals surface area contributed by atoms with Gasteiger partial charge in [-0.2, -0.15) is 0 Å². The molecule has 4 aliphatic rings. The Bertz CT molecular complexity index is 754. The van der Waals surface area contributed by atoms with Crippen LogP contribution in [0.25, 0.3) is 6.08 Å². The van der Waals surface area contributed by atoms with Gasteiger partial charge >= 0.3 is 0 Å². The Morgan fingerprint density at radius 3 is 3.05 bits per heavy atom. The van der Waals surface area contributed by atoms with Crippen LogP contribution in [-0.2, 0) is 16.0 Å². The molecule has 0 saturated heterocycles. The number of fused-ring (bicyclic) bond motifs is 4. The first-order valence-corrected chi connectivity index (χ1v) is 7.33. The summed E-state index contributed by atoms with van der Waals surface area (Å²) in [6, 6.07) is 8.62. The summed E-state index contributed by atoms with van der Waals surface area (Å²) >= 11 is 0. The van der Waals surface area contributed by atoms with E-state index < -0.39 is 0 Å². The minimum atomic E-state index is 0.358. The van der Waals surface area contributed by atoms with E-state index in [-0.39, 0.29) is 0 Å².